The van der Waals surface area contributed by atoms with Crippen LogP contribution in [0.2, 0.25) is 0 Å². The minimum absolute atomic E-state index is 0. The van der Waals surface area contributed by atoms with Crippen molar-refractivity contribution in [2.45, 2.75) is 12.5 Å². The molecule has 158 valence electrons. The van der Waals surface area contributed by atoms with Gasteiger partial charge in [-0.2, -0.15) is 4.31 Å². The lowest BCUT2D eigenvalue weighted by molar-refractivity contribution is -0.137. The number of ether oxygens (including phenoxy) is 1. The van der Waals surface area contributed by atoms with Crippen LogP contribution in [0.5, 0.6) is 0 Å². The number of para-hydroxylation sites is 1. The fourth-order valence-corrected chi connectivity index (χ4v) is 3.58. The van der Waals surface area contributed by atoms with Gasteiger partial charge < -0.3 is 15.2 Å². The Morgan fingerprint density at radius 1 is 1.32 bits per heavy atom. The second-order valence-electron chi connectivity index (χ2n) is 6.41. The summed E-state index contributed by atoms with van der Waals surface area (Å²) in [6.07, 6.45) is 0.835. The van der Waals surface area contributed by atoms with Gasteiger partial charge >= 0.3 is 5.97 Å². The van der Waals surface area contributed by atoms with Gasteiger partial charge in [-0.15, -0.1) is 12.4 Å². The number of carbonyl (C=O) groups excluding carboxylic acids is 1. The summed E-state index contributed by atoms with van der Waals surface area (Å²) >= 11 is 0. The molecule has 0 saturated carbocycles. The standard InChI is InChI=1S/C17H25N3O6S.ClH/c1-27(24,25)20(13-17(22)23)12-15-11-19(9-10-26-15)8-7-16(21)18-14-5-3-2-4-6-14;/h2-6,15H,7-13H2,1H3,(H,18,21)(H,22,23);1H. The summed E-state index contributed by atoms with van der Waals surface area (Å²) in [6.45, 7) is 1.35. The van der Waals surface area contributed by atoms with Gasteiger partial charge in [0.2, 0.25) is 15.9 Å². The van der Waals surface area contributed by atoms with Crippen LogP contribution < -0.4 is 5.32 Å². The zero-order chi connectivity index (χ0) is 19.9. The normalized spacial score (nSPS) is 17.7. The smallest absolute Gasteiger partial charge is 0.318 e. The van der Waals surface area contributed by atoms with Gasteiger partial charge in [-0.05, 0) is 12.1 Å². The third kappa shape index (κ3) is 8.53. The summed E-state index contributed by atoms with van der Waals surface area (Å²) < 4.78 is 30.0. The van der Waals surface area contributed by atoms with Gasteiger partial charge in [-0.1, -0.05) is 18.2 Å². The number of amides is 1. The molecule has 1 aromatic carbocycles. The molecule has 28 heavy (non-hydrogen) atoms. The molecule has 1 fully saturated rings. The molecule has 1 aliphatic heterocycles. The molecule has 1 unspecified atom stereocenters. The average molecular weight is 436 g/mol. The molecule has 0 bridgehead atoms. The summed E-state index contributed by atoms with van der Waals surface area (Å²) in [5.41, 5.74) is 0.736. The Morgan fingerprint density at radius 3 is 2.61 bits per heavy atom. The van der Waals surface area contributed by atoms with Crippen LogP contribution in [0.25, 0.3) is 0 Å². The lowest BCUT2D eigenvalue weighted by Gasteiger charge is -2.34. The van der Waals surface area contributed by atoms with E-state index in [1.807, 2.05) is 35.2 Å². The van der Waals surface area contributed by atoms with Crippen LogP contribution in [0.15, 0.2) is 30.3 Å². The van der Waals surface area contributed by atoms with Crippen molar-refractivity contribution >= 4 is 40.0 Å². The van der Waals surface area contributed by atoms with Gasteiger partial charge in [0.15, 0.2) is 0 Å². The Labute approximate surface area is 171 Å². The van der Waals surface area contributed by atoms with Gasteiger partial charge in [0.05, 0.1) is 19.0 Å². The molecule has 1 aliphatic rings. The summed E-state index contributed by atoms with van der Waals surface area (Å²) in [6, 6.07) is 9.17. The van der Waals surface area contributed by atoms with E-state index >= 15 is 0 Å². The summed E-state index contributed by atoms with van der Waals surface area (Å²) in [5, 5.41) is 11.7. The van der Waals surface area contributed by atoms with E-state index in [-0.39, 0.29) is 24.9 Å². The molecule has 9 nitrogen and oxygen atoms in total. The number of anilines is 1. The first-order valence-electron chi connectivity index (χ1n) is 8.60. The topological polar surface area (TPSA) is 116 Å². The predicted octanol–water partition coefficient (Wildman–Crippen LogP) is 0.484. The second-order valence-corrected chi connectivity index (χ2v) is 8.39. The minimum atomic E-state index is -3.65. The highest BCUT2D eigenvalue weighted by atomic mass is 35.5. The number of nitrogens with one attached hydrogen (secondary N) is 1. The third-order valence-corrected chi connectivity index (χ3v) is 5.34. The molecular weight excluding hydrogens is 410 g/mol. The van der Waals surface area contributed by atoms with Crippen LogP contribution >= 0.6 is 12.4 Å². The fraction of sp³-hybridized carbons (Fsp3) is 0.529. The monoisotopic (exact) mass is 435 g/mol. The van der Waals surface area contributed by atoms with E-state index in [1.165, 1.54) is 0 Å². The maximum Gasteiger partial charge on any atom is 0.318 e. The molecule has 1 atom stereocenters. The highest BCUT2D eigenvalue weighted by molar-refractivity contribution is 7.88. The molecule has 1 saturated heterocycles. The van der Waals surface area contributed by atoms with Crippen LogP contribution in [-0.2, 0) is 24.3 Å². The van der Waals surface area contributed by atoms with Crippen molar-refractivity contribution in [3.63, 3.8) is 0 Å². The van der Waals surface area contributed by atoms with E-state index in [9.17, 15) is 18.0 Å². The number of carboxylic acid groups (broad SMARTS) is 1. The first-order chi connectivity index (χ1) is 12.7. The molecule has 2 N–H and O–H groups in total. The molecule has 0 aromatic heterocycles. The number of rotatable bonds is 9. The molecule has 0 aliphatic carbocycles. The van der Waals surface area contributed by atoms with Crippen molar-refractivity contribution in [2.75, 3.05) is 50.9 Å². The zero-order valence-corrected chi connectivity index (χ0v) is 17.2. The number of carbonyl (C=O) groups is 2. The number of benzene rings is 1. The molecule has 11 heteroatoms. The van der Waals surface area contributed by atoms with Crippen LogP contribution in [0.1, 0.15) is 6.42 Å². The Kier molecular flexibility index (Phi) is 9.83. The van der Waals surface area contributed by atoms with Crippen LogP contribution in [0.4, 0.5) is 5.69 Å². The summed E-state index contributed by atoms with van der Waals surface area (Å²) in [7, 11) is -3.65. The van der Waals surface area contributed by atoms with Crippen molar-refractivity contribution < 1.29 is 27.9 Å². The second kappa shape index (κ2) is 11.3. The Hall–Kier alpha value is -1.72. The molecule has 0 spiro atoms. The lowest BCUT2D eigenvalue weighted by Crippen LogP contribution is -2.50. The third-order valence-electron chi connectivity index (χ3n) is 4.12. The number of halogens is 1. The summed E-state index contributed by atoms with van der Waals surface area (Å²) in [5.74, 6) is -1.32. The number of nitrogens with zero attached hydrogens (tertiary/aromatic N) is 2. The van der Waals surface area contributed by atoms with Crippen molar-refractivity contribution in [3.8, 4) is 0 Å². The zero-order valence-electron chi connectivity index (χ0n) is 15.6. The van der Waals surface area contributed by atoms with Crippen molar-refractivity contribution in [1.82, 2.24) is 9.21 Å². The van der Waals surface area contributed by atoms with E-state index in [0.717, 1.165) is 16.2 Å². The molecule has 2 rings (SSSR count). The summed E-state index contributed by atoms with van der Waals surface area (Å²) in [4.78, 5) is 24.9. The van der Waals surface area contributed by atoms with E-state index in [2.05, 4.69) is 5.32 Å². The Balaban J connectivity index is 0.00000392. The van der Waals surface area contributed by atoms with E-state index in [1.54, 1.807) is 0 Å². The van der Waals surface area contributed by atoms with Crippen LogP contribution in [0.3, 0.4) is 0 Å². The number of sulfonamides is 1. The predicted molar refractivity (Wildman–Crippen MR) is 107 cm³/mol. The highest BCUT2D eigenvalue weighted by Gasteiger charge is 2.28. The van der Waals surface area contributed by atoms with Gasteiger partial charge in [0, 0.05) is 38.3 Å². The van der Waals surface area contributed by atoms with E-state index in [0.29, 0.717) is 32.7 Å². The fourth-order valence-electron chi connectivity index (χ4n) is 2.79. The van der Waals surface area contributed by atoms with Crippen molar-refractivity contribution in [1.29, 1.82) is 0 Å². The number of carboxylic acids is 1. The van der Waals surface area contributed by atoms with Crippen molar-refractivity contribution in [3.05, 3.63) is 30.3 Å². The number of morpholine rings is 1. The molecule has 1 amide bonds. The number of hydrogen-bond acceptors (Lipinski definition) is 6. The number of hydrogen-bond donors (Lipinski definition) is 2. The van der Waals surface area contributed by atoms with Crippen LogP contribution in [-0.4, -0.2) is 86.3 Å². The van der Waals surface area contributed by atoms with Gasteiger partial charge in [0.25, 0.3) is 0 Å². The van der Waals surface area contributed by atoms with E-state index in [4.69, 9.17) is 9.84 Å². The molecule has 0 radical (unpaired) electrons. The maximum atomic E-state index is 12.0. The molecular formula is C17H26ClN3O6S. The highest BCUT2D eigenvalue weighted by Crippen LogP contribution is 2.11. The average Bonchev–Trinajstić information content (AvgIpc) is 2.59. The van der Waals surface area contributed by atoms with E-state index < -0.39 is 28.6 Å². The Morgan fingerprint density at radius 2 is 2.00 bits per heavy atom. The van der Waals surface area contributed by atoms with Crippen molar-refractivity contribution in [2.24, 2.45) is 0 Å². The number of aliphatic carboxylic acids is 1. The SMILES string of the molecule is CS(=O)(=O)N(CC(=O)O)CC1CN(CCC(=O)Nc2ccccc2)CCO1.Cl. The molecule has 1 aromatic rings. The van der Waals surface area contributed by atoms with Gasteiger partial charge in [0.1, 0.15) is 6.54 Å². The molecule has 1 heterocycles. The Bertz CT molecular complexity index is 747. The largest absolute Gasteiger partial charge is 0.480 e. The quantitative estimate of drug-likeness (QED) is 0.579. The van der Waals surface area contributed by atoms with Gasteiger partial charge in [-0.25, -0.2) is 8.42 Å². The first kappa shape index (κ1) is 24.3. The maximum absolute atomic E-state index is 12.0. The van der Waals surface area contributed by atoms with Crippen LogP contribution in [0, 0.1) is 0 Å². The minimum Gasteiger partial charge on any atom is -0.480 e. The first-order valence-corrected chi connectivity index (χ1v) is 10.4. The van der Waals surface area contributed by atoms with Gasteiger partial charge in [-0.3, -0.25) is 14.5 Å². The lowest BCUT2D eigenvalue weighted by atomic mass is 10.2.